The second-order valence-electron chi connectivity index (χ2n) is 3.67. The zero-order chi connectivity index (χ0) is 8.97. The fraction of sp³-hybridized carbons (Fsp3) is 0.727. The van der Waals surface area contributed by atoms with Gasteiger partial charge in [0.05, 0.1) is 0 Å². The molecule has 68 valence electrons. The molecule has 1 aliphatic carbocycles. The summed E-state index contributed by atoms with van der Waals surface area (Å²) in [6.45, 7) is 5.73. The van der Waals surface area contributed by atoms with E-state index in [0.29, 0.717) is 11.8 Å². The number of allylic oxidation sites excluding steroid dienone is 1. The Kier molecular flexibility index (Phi) is 3.51. The molecule has 1 nitrogen and oxygen atoms in total. The number of rotatable bonds is 3. The summed E-state index contributed by atoms with van der Waals surface area (Å²) < 4.78 is 0. The van der Waals surface area contributed by atoms with Crippen molar-refractivity contribution in [2.45, 2.75) is 39.0 Å². The van der Waals surface area contributed by atoms with Gasteiger partial charge in [-0.05, 0) is 24.8 Å². The van der Waals surface area contributed by atoms with Crippen LogP contribution >= 0.6 is 0 Å². The van der Waals surface area contributed by atoms with Crippen LogP contribution < -0.4 is 0 Å². The summed E-state index contributed by atoms with van der Waals surface area (Å²) >= 11 is 0. The molecule has 0 bridgehead atoms. The molecule has 0 radical (unpaired) electrons. The van der Waals surface area contributed by atoms with Crippen LogP contribution in [-0.4, -0.2) is 5.78 Å². The predicted octanol–water partition coefficient (Wildman–Crippen LogP) is 2.96. The lowest BCUT2D eigenvalue weighted by Gasteiger charge is -2.28. The Morgan fingerprint density at radius 1 is 1.50 bits per heavy atom. The molecule has 0 aromatic heterocycles. The van der Waals surface area contributed by atoms with Gasteiger partial charge in [-0.2, -0.15) is 0 Å². The lowest BCUT2D eigenvalue weighted by Crippen LogP contribution is -2.25. The average molecular weight is 166 g/mol. The summed E-state index contributed by atoms with van der Waals surface area (Å²) in [6.07, 6.45) is 7.49. The molecule has 1 saturated carbocycles. The molecule has 12 heavy (non-hydrogen) atoms. The van der Waals surface area contributed by atoms with Crippen LogP contribution in [0.2, 0.25) is 0 Å². The van der Waals surface area contributed by atoms with E-state index in [4.69, 9.17) is 0 Å². The molecule has 1 unspecified atom stereocenters. The van der Waals surface area contributed by atoms with E-state index in [1.165, 1.54) is 25.3 Å². The lowest BCUT2D eigenvalue weighted by molar-refractivity contribution is -0.120. The second-order valence-corrected chi connectivity index (χ2v) is 3.67. The van der Waals surface area contributed by atoms with Gasteiger partial charge in [0.15, 0.2) is 5.78 Å². The quantitative estimate of drug-likeness (QED) is 0.589. The van der Waals surface area contributed by atoms with Crippen LogP contribution in [0, 0.1) is 11.8 Å². The Balaban J connectivity index is 2.58. The Morgan fingerprint density at radius 3 is 2.75 bits per heavy atom. The van der Waals surface area contributed by atoms with E-state index in [2.05, 4.69) is 13.5 Å². The van der Waals surface area contributed by atoms with E-state index >= 15 is 0 Å². The van der Waals surface area contributed by atoms with Crippen LogP contribution in [0.15, 0.2) is 12.7 Å². The fourth-order valence-corrected chi connectivity index (χ4v) is 2.22. The number of hydrogen-bond donors (Lipinski definition) is 0. The minimum atomic E-state index is 0.265. The third-order valence-corrected chi connectivity index (χ3v) is 3.00. The van der Waals surface area contributed by atoms with Crippen molar-refractivity contribution in [3.05, 3.63) is 12.7 Å². The second kappa shape index (κ2) is 4.44. The molecule has 0 amide bonds. The first-order valence-electron chi connectivity index (χ1n) is 4.95. The highest BCUT2D eigenvalue weighted by atomic mass is 16.1. The normalized spacial score (nSPS) is 29.8. The van der Waals surface area contributed by atoms with E-state index in [1.54, 1.807) is 0 Å². The molecule has 0 saturated heterocycles. The molecule has 0 aromatic carbocycles. The molecule has 2 atom stereocenters. The van der Waals surface area contributed by atoms with Crippen molar-refractivity contribution in [1.29, 1.82) is 0 Å². The Labute approximate surface area is 74.9 Å². The standard InChI is InChI=1S/C11H18O/c1-3-9-7-5-6-8-10(9)11(12)4-2/h4,9-10H,2-3,5-8H2,1H3/t9-,10?/m1/s1. The van der Waals surface area contributed by atoms with Crippen molar-refractivity contribution in [1.82, 2.24) is 0 Å². The van der Waals surface area contributed by atoms with Gasteiger partial charge in [-0.15, -0.1) is 0 Å². The number of ketones is 1. The minimum Gasteiger partial charge on any atom is -0.295 e. The summed E-state index contributed by atoms with van der Waals surface area (Å²) in [6, 6.07) is 0. The predicted molar refractivity (Wildman–Crippen MR) is 50.9 cm³/mol. The largest absolute Gasteiger partial charge is 0.295 e. The summed E-state index contributed by atoms with van der Waals surface area (Å²) in [5, 5.41) is 0. The van der Waals surface area contributed by atoms with Gasteiger partial charge in [0.1, 0.15) is 0 Å². The summed E-state index contributed by atoms with van der Waals surface area (Å²) in [7, 11) is 0. The molecular weight excluding hydrogens is 148 g/mol. The third kappa shape index (κ3) is 1.96. The van der Waals surface area contributed by atoms with Crippen LogP contribution in [0.3, 0.4) is 0 Å². The maximum absolute atomic E-state index is 11.4. The molecule has 0 aromatic rings. The molecular formula is C11H18O. The van der Waals surface area contributed by atoms with Crippen molar-refractivity contribution in [2.24, 2.45) is 11.8 Å². The first-order valence-corrected chi connectivity index (χ1v) is 4.95. The molecule has 1 heteroatoms. The van der Waals surface area contributed by atoms with Crippen LogP contribution in [0.1, 0.15) is 39.0 Å². The van der Waals surface area contributed by atoms with E-state index in [9.17, 15) is 4.79 Å². The van der Waals surface area contributed by atoms with Crippen molar-refractivity contribution < 1.29 is 4.79 Å². The van der Waals surface area contributed by atoms with Gasteiger partial charge in [0, 0.05) is 5.92 Å². The Morgan fingerprint density at radius 2 is 2.17 bits per heavy atom. The highest BCUT2D eigenvalue weighted by Crippen LogP contribution is 2.32. The summed E-state index contributed by atoms with van der Waals surface area (Å²) in [5.41, 5.74) is 0. The van der Waals surface area contributed by atoms with Gasteiger partial charge in [-0.3, -0.25) is 4.79 Å². The summed E-state index contributed by atoms with van der Waals surface area (Å²) in [4.78, 5) is 11.4. The smallest absolute Gasteiger partial charge is 0.158 e. The monoisotopic (exact) mass is 166 g/mol. The summed E-state index contributed by atoms with van der Waals surface area (Å²) in [5.74, 6) is 1.19. The van der Waals surface area contributed by atoms with E-state index in [0.717, 1.165) is 12.8 Å². The number of carbonyl (C=O) groups is 1. The maximum atomic E-state index is 11.4. The van der Waals surface area contributed by atoms with Crippen LogP contribution in [0.5, 0.6) is 0 Å². The van der Waals surface area contributed by atoms with E-state index in [-0.39, 0.29) is 5.78 Å². The minimum absolute atomic E-state index is 0.265. The zero-order valence-corrected chi connectivity index (χ0v) is 7.88. The van der Waals surface area contributed by atoms with Crippen molar-refractivity contribution in [2.75, 3.05) is 0 Å². The molecule has 0 spiro atoms. The van der Waals surface area contributed by atoms with Gasteiger partial charge < -0.3 is 0 Å². The van der Waals surface area contributed by atoms with Gasteiger partial charge in [-0.25, -0.2) is 0 Å². The molecule has 1 aliphatic rings. The number of hydrogen-bond acceptors (Lipinski definition) is 1. The fourth-order valence-electron chi connectivity index (χ4n) is 2.22. The van der Waals surface area contributed by atoms with Gasteiger partial charge in [0.2, 0.25) is 0 Å². The van der Waals surface area contributed by atoms with Crippen LogP contribution in [-0.2, 0) is 4.79 Å². The van der Waals surface area contributed by atoms with Crippen LogP contribution in [0.25, 0.3) is 0 Å². The Hall–Kier alpha value is -0.590. The highest BCUT2D eigenvalue weighted by molar-refractivity contribution is 5.91. The first kappa shape index (κ1) is 9.50. The van der Waals surface area contributed by atoms with Gasteiger partial charge >= 0.3 is 0 Å². The molecule has 0 aliphatic heterocycles. The molecule has 0 heterocycles. The highest BCUT2D eigenvalue weighted by Gasteiger charge is 2.27. The maximum Gasteiger partial charge on any atom is 0.158 e. The first-order chi connectivity index (χ1) is 5.79. The molecule has 1 rings (SSSR count). The average Bonchev–Trinajstić information content (AvgIpc) is 2.16. The number of carbonyl (C=O) groups excluding carboxylic acids is 1. The van der Waals surface area contributed by atoms with Crippen molar-refractivity contribution in [3.8, 4) is 0 Å². The van der Waals surface area contributed by atoms with Gasteiger partial charge in [0.25, 0.3) is 0 Å². The Bertz CT molecular complexity index is 172. The van der Waals surface area contributed by atoms with E-state index < -0.39 is 0 Å². The van der Waals surface area contributed by atoms with Crippen molar-refractivity contribution in [3.63, 3.8) is 0 Å². The molecule has 0 N–H and O–H groups in total. The SMILES string of the molecule is C=CC(=O)C1CCCC[C@H]1CC. The van der Waals surface area contributed by atoms with E-state index in [1.807, 2.05) is 0 Å². The van der Waals surface area contributed by atoms with Crippen LogP contribution in [0.4, 0.5) is 0 Å². The van der Waals surface area contributed by atoms with Crippen molar-refractivity contribution >= 4 is 5.78 Å². The zero-order valence-electron chi connectivity index (χ0n) is 7.88. The van der Waals surface area contributed by atoms with Gasteiger partial charge in [-0.1, -0.05) is 32.8 Å². The topological polar surface area (TPSA) is 17.1 Å². The molecule has 1 fully saturated rings. The lowest BCUT2D eigenvalue weighted by atomic mass is 9.76. The third-order valence-electron chi connectivity index (χ3n) is 3.00.